The molecule has 1 heterocycles. The first-order valence-electron chi connectivity index (χ1n) is 5.27. The van der Waals surface area contributed by atoms with Crippen molar-refractivity contribution in [3.63, 3.8) is 0 Å². The van der Waals surface area contributed by atoms with Gasteiger partial charge in [0.15, 0.2) is 0 Å². The van der Waals surface area contributed by atoms with E-state index in [1.165, 1.54) is 0 Å². The molecule has 0 atom stereocenters. The molecule has 88 valence electrons. The predicted octanol–water partition coefficient (Wildman–Crippen LogP) is 1.25. The minimum atomic E-state index is -0.0976. The third-order valence-corrected chi connectivity index (χ3v) is 2.37. The van der Waals surface area contributed by atoms with Gasteiger partial charge >= 0.3 is 0 Å². The monoisotopic (exact) mass is 222 g/mol. The highest BCUT2D eigenvalue weighted by atomic mass is 16.3. The van der Waals surface area contributed by atoms with Gasteiger partial charge in [0, 0.05) is 18.8 Å². The van der Waals surface area contributed by atoms with Crippen molar-refractivity contribution < 1.29 is 9.90 Å². The molecule has 0 aliphatic rings. The molecule has 16 heavy (non-hydrogen) atoms. The van der Waals surface area contributed by atoms with E-state index in [1.807, 2.05) is 19.9 Å². The van der Waals surface area contributed by atoms with Gasteiger partial charge in [-0.3, -0.25) is 4.79 Å². The van der Waals surface area contributed by atoms with E-state index in [2.05, 4.69) is 11.6 Å². The second-order valence-electron chi connectivity index (χ2n) is 3.77. The number of aromatic nitrogens is 1. The van der Waals surface area contributed by atoms with Crippen LogP contribution in [-0.4, -0.2) is 40.6 Å². The summed E-state index contributed by atoms with van der Waals surface area (Å²) in [5.74, 6) is -0.0976. The van der Waals surface area contributed by atoms with Gasteiger partial charge in [0.05, 0.1) is 6.61 Å². The summed E-state index contributed by atoms with van der Waals surface area (Å²) in [6.07, 6.45) is 1.65. The van der Waals surface area contributed by atoms with Crippen LogP contribution in [0.5, 0.6) is 0 Å². The lowest BCUT2D eigenvalue weighted by Crippen LogP contribution is -2.34. The number of aromatic amines is 1. The SMILES string of the molecule is C=CCN(CCO)C(=O)c1[nH]c(C)cc1C. The second kappa shape index (κ2) is 5.51. The molecule has 1 aromatic rings. The van der Waals surface area contributed by atoms with Crippen molar-refractivity contribution in [2.45, 2.75) is 13.8 Å². The topological polar surface area (TPSA) is 56.3 Å². The molecule has 0 bridgehead atoms. The van der Waals surface area contributed by atoms with Crippen molar-refractivity contribution in [2.24, 2.45) is 0 Å². The zero-order chi connectivity index (χ0) is 12.1. The maximum atomic E-state index is 12.1. The number of aryl methyl sites for hydroxylation is 2. The Balaban J connectivity index is 2.89. The van der Waals surface area contributed by atoms with Gasteiger partial charge < -0.3 is 15.0 Å². The standard InChI is InChI=1S/C12H18N2O2/c1-4-5-14(6-7-15)12(16)11-9(2)8-10(3)13-11/h4,8,13,15H,1,5-7H2,2-3H3. The van der Waals surface area contributed by atoms with Crippen molar-refractivity contribution in [1.82, 2.24) is 9.88 Å². The van der Waals surface area contributed by atoms with Crippen LogP contribution < -0.4 is 0 Å². The fourth-order valence-corrected chi connectivity index (χ4v) is 1.66. The minimum Gasteiger partial charge on any atom is -0.395 e. The smallest absolute Gasteiger partial charge is 0.270 e. The van der Waals surface area contributed by atoms with E-state index < -0.39 is 0 Å². The van der Waals surface area contributed by atoms with Gasteiger partial charge in [-0.15, -0.1) is 6.58 Å². The fourth-order valence-electron chi connectivity index (χ4n) is 1.66. The number of nitrogens with one attached hydrogen (secondary N) is 1. The summed E-state index contributed by atoms with van der Waals surface area (Å²) in [5.41, 5.74) is 2.48. The van der Waals surface area contributed by atoms with Gasteiger partial charge in [-0.1, -0.05) is 6.08 Å². The number of nitrogens with zero attached hydrogens (tertiary/aromatic N) is 1. The van der Waals surface area contributed by atoms with E-state index in [4.69, 9.17) is 5.11 Å². The minimum absolute atomic E-state index is 0.0433. The van der Waals surface area contributed by atoms with E-state index in [0.29, 0.717) is 18.8 Å². The predicted molar refractivity (Wildman–Crippen MR) is 63.5 cm³/mol. The Morgan fingerprint density at radius 2 is 2.31 bits per heavy atom. The van der Waals surface area contributed by atoms with Crippen molar-refractivity contribution in [2.75, 3.05) is 19.7 Å². The lowest BCUT2D eigenvalue weighted by molar-refractivity contribution is 0.0737. The van der Waals surface area contributed by atoms with Crippen LogP contribution in [0.2, 0.25) is 0 Å². The molecule has 0 fully saturated rings. The lowest BCUT2D eigenvalue weighted by atomic mass is 10.2. The molecule has 4 heteroatoms. The summed E-state index contributed by atoms with van der Waals surface area (Å²) in [6, 6.07) is 1.93. The van der Waals surface area contributed by atoms with E-state index in [1.54, 1.807) is 11.0 Å². The van der Waals surface area contributed by atoms with Crippen molar-refractivity contribution in [3.8, 4) is 0 Å². The van der Waals surface area contributed by atoms with E-state index in [0.717, 1.165) is 11.3 Å². The van der Waals surface area contributed by atoms with Crippen LogP contribution in [0.4, 0.5) is 0 Å². The number of carbonyl (C=O) groups excluding carboxylic acids is 1. The third kappa shape index (κ3) is 2.73. The average molecular weight is 222 g/mol. The van der Waals surface area contributed by atoms with Crippen molar-refractivity contribution >= 4 is 5.91 Å². The quantitative estimate of drug-likeness (QED) is 0.737. The van der Waals surface area contributed by atoms with E-state index >= 15 is 0 Å². The number of H-pyrrole nitrogens is 1. The van der Waals surface area contributed by atoms with Crippen molar-refractivity contribution in [3.05, 3.63) is 35.7 Å². The van der Waals surface area contributed by atoms with Crippen LogP contribution in [0, 0.1) is 13.8 Å². The molecular formula is C12H18N2O2. The number of amides is 1. The van der Waals surface area contributed by atoms with Gasteiger partial charge in [0.1, 0.15) is 5.69 Å². The van der Waals surface area contributed by atoms with Crippen LogP contribution in [0.3, 0.4) is 0 Å². The molecule has 1 rings (SSSR count). The van der Waals surface area contributed by atoms with E-state index in [9.17, 15) is 4.79 Å². The van der Waals surface area contributed by atoms with Crippen LogP contribution in [0.15, 0.2) is 18.7 Å². The summed E-state index contributed by atoms with van der Waals surface area (Å²) in [5, 5.41) is 8.90. The number of aliphatic hydroxyl groups excluding tert-OH is 1. The van der Waals surface area contributed by atoms with Gasteiger partial charge in [0.25, 0.3) is 5.91 Å². The Hall–Kier alpha value is -1.55. The van der Waals surface area contributed by atoms with Crippen molar-refractivity contribution in [1.29, 1.82) is 0 Å². The second-order valence-corrected chi connectivity index (χ2v) is 3.77. The van der Waals surface area contributed by atoms with Crippen LogP contribution >= 0.6 is 0 Å². The molecule has 2 N–H and O–H groups in total. The first-order valence-corrected chi connectivity index (χ1v) is 5.27. The average Bonchev–Trinajstić information content (AvgIpc) is 2.56. The highest BCUT2D eigenvalue weighted by Gasteiger charge is 2.17. The summed E-state index contributed by atoms with van der Waals surface area (Å²) in [7, 11) is 0. The highest BCUT2D eigenvalue weighted by Crippen LogP contribution is 2.11. The molecule has 0 aromatic carbocycles. The molecule has 0 radical (unpaired) electrons. The summed E-state index contributed by atoms with van der Waals surface area (Å²) < 4.78 is 0. The molecule has 0 saturated carbocycles. The van der Waals surface area contributed by atoms with Gasteiger partial charge in [-0.2, -0.15) is 0 Å². The number of hydrogen-bond donors (Lipinski definition) is 2. The van der Waals surface area contributed by atoms with Gasteiger partial charge in [0.2, 0.25) is 0 Å². The zero-order valence-corrected chi connectivity index (χ0v) is 9.79. The lowest BCUT2D eigenvalue weighted by Gasteiger charge is -2.19. The molecule has 0 saturated heterocycles. The maximum Gasteiger partial charge on any atom is 0.270 e. The number of carbonyl (C=O) groups is 1. The van der Waals surface area contributed by atoms with Gasteiger partial charge in [-0.25, -0.2) is 0 Å². The Morgan fingerprint density at radius 3 is 2.75 bits per heavy atom. The van der Waals surface area contributed by atoms with E-state index in [-0.39, 0.29) is 12.5 Å². The molecular weight excluding hydrogens is 204 g/mol. The van der Waals surface area contributed by atoms with Crippen LogP contribution in [0.25, 0.3) is 0 Å². The summed E-state index contributed by atoms with van der Waals surface area (Å²) >= 11 is 0. The Kier molecular flexibility index (Phi) is 4.31. The molecule has 0 aliphatic heterocycles. The maximum absolute atomic E-state index is 12.1. The molecule has 0 unspecified atom stereocenters. The van der Waals surface area contributed by atoms with Gasteiger partial charge in [-0.05, 0) is 25.5 Å². The Labute approximate surface area is 95.6 Å². The first kappa shape index (κ1) is 12.5. The Bertz CT molecular complexity index is 382. The zero-order valence-electron chi connectivity index (χ0n) is 9.79. The normalized spacial score (nSPS) is 10.2. The molecule has 1 aromatic heterocycles. The fraction of sp³-hybridized carbons (Fsp3) is 0.417. The highest BCUT2D eigenvalue weighted by molar-refractivity contribution is 5.94. The molecule has 0 spiro atoms. The Morgan fingerprint density at radius 1 is 1.62 bits per heavy atom. The molecule has 0 aliphatic carbocycles. The summed E-state index contributed by atoms with van der Waals surface area (Å²) in [4.78, 5) is 16.7. The largest absolute Gasteiger partial charge is 0.395 e. The third-order valence-electron chi connectivity index (χ3n) is 2.37. The van der Waals surface area contributed by atoms with Crippen LogP contribution in [-0.2, 0) is 0 Å². The summed E-state index contributed by atoms with van der Waals surface area (Å²) in [6.45, 7) is 8.12. The molecule has 1 amide bonds. The van der Waals surface area contributed by atoms with Crippen LogP contribution in [0.1, 0.15) is 21.7 Å². The number of aliphatic hydroxyl groups is 1. The number of rotatable bonds is 5. The molecule has 4 nitrogen and oxygen atoms in total. The number of hydrogen-bond acceptors (Lipinski definition) is 2. The first-order chi connectivity index (χ1) is 7.60.